The number of rotatable bonds is 8. The molecule has 0 atom stereocenters. The van der Waals surface area contributed by atoms with Crippen LogP contribution >= 0.6 is 0 Å². The first-order valence-corrected chi connectivity index (χ1v) is 7.58. The van der Waals surface area contributed by atoms with E-state index in [9.17, 15) is 14.9 Å². The molecule has 0 aliphatic heterocycles. The molecule has 2 amide bonds. The highest BCUT2D eigenvalue weighted by molar-refractivity contribution is 5.89. The number of methoxy groups -OCH3 is 1. The summed E-state index contributed by atoms with van der Waals surface area (Å²) in [6.07, 6.45) is 0. The van der Waals surface area contributed by atoms with Crippen LogP contribution in [-0.4, -0.2) is 31.3 Å². The highest BCUT2D eigenvalue weighted by Gasteiger charge is 2.06. The maximum Gasteiger partial charge on any atom is 0.319 e. The van der Waals surface area contributed by atoms with E-state index < -0.39 is 11.0 Å². The molecule has 0 saturated carbocycles. The average Bonchev–Trinajstić information content (AvgIpc) is 2.62. The minimum atomic E-state index is -0.494. The second-order valence-electron chi connectivity index (χ2n) is 5.10. The lowest BCUT2D eigenvalue weighted by Gasteiger charge is -2.09. The Bertz CT molecular complexity index is 701. The molecule has 8 heteroatoms. The van der Waals surface area contributed by atoms with Crippen LogP contribution in [0.2, 0.25) is 0 Å². The Morgan fingerprint density at radius 1 is 1.08 bits per heavy atom. The van der Waals surface area contributed by atoms with Gasteiger partial charge in [0.2, 0.25) is 0 Å². The van der Waals surface area contributed by atoms with Gasteiger partial charge in [-0.15, -0.1) is 0 Å². The number of nitrogens with one attached hydrogen (secondary N) is 2. The van der Waals surface area contributed by atoms with Gasteiger partial charge >= 0.3 is 6.03 Å². The van der Waals surface area contributed by atoms with Gasteiger partial charge < -0.3 is 20.1 Å². The Morgan fingerprint density at radius 3 is 2.36 bits per heavy atom. The number of carbonyl (C=O) groups excluding carboxylic acids is 1. The Morgan fingerprint density at radius 2 is 1.76 bits per heavy atom. The van der Waals surface area contributed by atoms with Gasteiger partial charge in [0.05, 0.1) is 11.5 Å². The van der Waals surface area contributed by atoms with E-state index in [0.29, 0.717) is 25.4 Å². The topological polar surface area (TPSA) is 103 Å². The Kier molecular flexibility index (Phi) is 6.73. The third-order valence-corrected chi connectivity index (χ3v) is 3.27. The first-order chi connectivity index (χ1) is 12.1. The van der Waals surface area contributed by atoms with E-state index in [1.165, 1.54) is 24.3 Å². The summed E-state index contributed by atoms with van der Waals surface area (Å²) >= 11 is 0. The van der Waals surface area contributed by atoms with Gasteiger partial charge in [-0.1, -0.05) is 12.1 Å². The Labute approximate surface area is 144 Å². The molecule has 0 fully saturated rings. The number of ether oxygens (including phenoxy) is 2. The zero-order valence-electron chi connectivity index (χ0n) is 13.7. The molecule has 132 valence electrons. The molecule has 0 unspecified atom stereocenters. The van der Waals surface area contributed by atoms with Crippen molar-refractivity contribution in [3.63, 3.8) is 0 Å². The summed E-state index contributed by atoms with van der Waals surface area (Å²) < 4.78 is 10.4. The predicted molar refractivity (Wildman–Crippen MR) is 92.8 cm³/mol. The number of carbonyl (C=O) groups is 1. The summed E-state index contributed by atoms with van der Waals surface area (Å²) in [6.45, 7) is 1.34. The van der Waals surface area contributed by atoms with Crippen molar-refractivity contribution in [1.82, 2.24) is 5.32 Å². The number of non-ortho nitro benzene ring substituents is 1. The minimum Gasteiger partial charge on any atom is -0.491 e. The van der Waals surface area contributed by atoms with E-state index >= 15 is 0 Å². The van der Waals surface area contributed by atoms with E-state index in [1.807, 2.05) is 24.3 Å². The summed E-state index contributed by atoms with van der Waals surface area (Å²) in [7, 11) is 1.61. The summed E-state index contributed by atoms with van der Waals surface area (Å²) in [5, 5.41) is 15.9. The zero-order chi connectivity index (χ0) is 18.1. The fourth-order valence-corrected chi connectivity index (χ4v) is 1.97. The van der Waals surface area contributed by atoms with E-state index in [4.69, 9.17) is 9.47 Å². The summed E-state index contributed by atoms with van der Waals surface area (Å²) in [5.74, 6) is 0.733. The van der Waals surface area contributed by atoms with Gasteiger partial charge in [-0.25, -0.2) is 4.79 Å². The van der Waals surface area contributed by atoms with Gasteiger partial charge in [-0.05, 0) is 29.8 Å². The smallest absolute Gasteiger partial charge is 0.319 e. The molecule has 0 aliphatic carbocycles. The molecule has 0 aliphatic rings. The van der Waals surface area contributed by atoms with Gasteiger partial charge in [0.1, 0.15) is 12.4 Å². The standard InChI is InChI=1S/C17H19N3O5/c1-24-10-11-25-16-8-2-13(3-9-16)12-18-17(21)19-14-4-6-15(7-5-14)20(22)23/h2-9H,10-12H2,1H3,(H2,18,19,21). The van der Waals surface area contributed by atoms with Crippen LogP contribution in [0.25, 0.3) is 0 Å². The van der Waals surface area contributed by atoms with Crippen molar-refractivity contribution in [2.24, 2.45) is 0 Å². The fourth-order valence-electron chi connectivity index (χ4n) is 1.97. The number of urea groups is 1. The number of amides is 2. The van der Waals surface area contributed by atoms with Gasteiger partial charge in [0.25, 0.3) is 5.69 Å². The molecule has 25 heavy (non-hydrogen) atoms. The van der Waals surface area contributed by atoms with Gasteiger partial charge in [0.15, 0.2) is 0 Å². The molecule has 2 rings (SSSR count). The Hall–Kier alpha value is -3.13. The largest absolute Gasteiger partial charge is 0.491 e. The van der Waals surface area contributed by atoms with E-state index in [-0.39, 0.29) is 5.69 Å². The molecule has 0 bridgehead atoms. The molecule has 0 spiro atoms. The van der Waals surface area contributed by atoms with Crippen LogP contribution in [0.3, 0.4) is 0 Å². The lowest BCUT2D eigenvalue weighted by molar-refractivity contribution is -0.384. The van der Waals surface area contributed by atoms with Crippen molar-refractivity contribution in [2.75, 3.05) is 25.6 Å². The molecule has 0 radical (unpaired) electrons. The van der Waals surface area contributed by atoms with Crippen LogP contribution in [0.15, 0.2) is 48.5 Å². The second kappa shape index (κ2) is 9.24. The van der Waals surface area contributed by atoms with E-state index in [2.05, 4.69) is 10.6 Å². The summed E-state index contributed by atoms with van der Waals surface area (Å²) in [5.41, 5.74) is 1.36. The highest BCUT2D eigenvalue weighted by Crippen LogP contribution is 2.15. The zero-order valence-corrected chi connectivity index (χ0v) is 13.7. The summed E-state index contributed by atoms with van der Waals surface area (Å²) in [4.78, 5) is 21.9. The van der Waals surface area contributed by atoms with Crippen LogP contribution in [0.4, 0.5) is 16.2 Å². The fraction of sp³-hybridized carbons (Fsp3) is 0.235. The average molecular weight is 345 g/mol. The number of anilines is 1. The monoisotopic (exact) mass is 345 g/mol. The van der Waals surface area contributed by atoms with Crippen molar-refractivity contribution in [1.29, 1.82) is 0 Å². The number of hydrogen-bond acceptors (Lipinski definition) is 5. The van der Waals surface area contributed by atoms with Crippen LogP contribution in [-0.2, 0) is 11.3 Å². The van der Waals surface area contributed by atoms with Crippen molar-refractivity contribution in [2.45, 2.75) is 6.54 Å². The van der Waals surface area contributed by atoms with Gasteiger partial charge in [-0.2, -0.15) is 0 Å². The number of nitro benzene ring substituents is 1. The lowest BCUT2D eigenvalue weighted by Crippen LogP contribution is -2.28. The predicted octanol–water partition coefficient (Wildman–Crippen LogP) is 2.94. The second-order valence-corrected chi connectivity index (χ2v) is 5.10. The highest BCUT2D eigenvalue weighted by atomic mass is 16.6. The minimum absolute atomic E-state index is 0.0289. The van der Waals surface area contributed by atoms with Crippen LogP contribution in [0.1, 0.15) is 5.56 Å². The molecular weight excluding hydrogens is 326 g/mol. The van der Waals surface area contributed by atoms with Crippen LogP contribution < -0.4 is 15.4 Å². The van der Waals surface area contributed by atoms with Gasteiger partial charge in [0, 0.05) is 31.5 Å². The third-order valence-electron chi connectivity index (χ3n) is 3.27. The van der Waals surface area contributed by atoms with E-state index in [0.717, 1.165) is 11.3 Å². The molecule has 0 aromatic heterocycles. The van der Waals surface area contributed by atoms with Gasteiger partial charge in [-0.3, -0.25) is 10.1 Å². The Balaban J connectivity index is 1.78. The van der Waals surface area contributed by atoms with Crippen LogP contribution in [0, 0.1) is 10.1 Å². The third kappa shape index (κ3) is 6.11. The molecule has 0 heterocycles. The maximum absolute atomic E-state index is 11.9. The molecule has 8 nitrogen and oxygen atoms in total. The summed E-state index contributed by atoms with van der Waals surface area (Å²) in [6, 6.07) is 12.6. The number of nitrogens with zero attached hydrogens (tertiary/aromatic N) is 1. The number of hydrogen-bond donors (Lipinski definition) is 2. The molecule has 2 N–H and O–H groups in total. The normalized spacial score (nSPS) is 10.1. The van der Waals surface area contributed by atoms with Crippen LogP contribution in [0.5, 0.6) is 5.75 Å². The molecule has 2 aromatic carbocycles. The van der Waals surface area contributed by atoms with Crippen molar-refractivity contribution >= 4 is 17.4 Å². The maximum atomic E-state index is 11.9. The van der Waals surface area contributed by atoms with Crippen molar-refractivity contribution in [3.05, 3.63) is 64.2 Å². The first-order valence-electron chi connectivity index (χ1n) is 7.58. The SMILES string of the molecule is COCCOc1ccc(CNC(=O)Nc2ccc([N+](=O)[O-])cc2)cc1. The van der Waals surface area contributed by atoms with E-state index in [1.54, 1.807) is 7.11 Å². The van der Waals surface area contributed by atoms with Crippen molar-refractivity contribution in [3.8, 4) is 5.75 Å². The molecule has 0 saturated heterocycles. The quantitative estimate of drug-likeness (QED) is 0.435. The molecule has 2 aromatic rings. The molecular formula is C17H19N3O5. The lowest BCUT2D eigenvalue weighted by atomic mass is 10.2. The first kappa shape index (κ1) is 18.2. The number of nitro groups is 1. The number of benzene rings is 2. The van der Waals surface area contributed by atoms with Crippen molar-refractivity contribution < 1.29 is 19.2 Å².